The van der Waals surface area contributed by atoms with Crippen molar-refractivity contribution in [2.24, 2.45) is 4.99 Å². The highest BCUT2D eigenvalue weighted by atomic mass is 16.7. The molecule has 1 aliphatic heterocycles. The van der Waals surface area contributed by atoms with Crippen molar-refractivity contribution in [2.75, 3.05) is 13.1 Å². The third kappa shape index (κ3) is 1.92. The van der Waals surface area contributed by atoms with E-state index in [4.69, 9.17) is 5.11 Å². The largest absolute Gasteiger partial charge is 0.473 e. The second-order valence-electron chi connectivity index (χ2n) is 1.85. The smallest absolute Gasteiger partial charge is 0.441 e. The van der Waals surface area contributed by atoms with Crippen molar-refractivity contribution in [1.82, 2.24) is 5.06 Å². The van der Waals surface area contributed by atoms with E-state index in [0.717, 1.165) is 5.06 Å². The Hall–Kier alpha value is -1.59. The van der Waals surface area contributed by atoms with E-state index in [2.05, 4.69) is 9.83 Å². The van der Waals surface area contributed by atoms with Crippen LogP contribution in [0.4, 0.5) is 0 Å². The molecule has 1 heterocycles. The molecule has 0 bridgehead atoms. The number of carboxylic acid groups (broad SMARTS) is 1. The van der Waals surface area contributed by atoms with E-state index in [1.807, 2.05) is 0 Å². The molecule has 0 saturated carbocycles. The molecule has 0 spiro atoms. The molecular formula is C5H6N2O4. The highest BCUT2D eigenvalue weighted by Crippen LogP contribution is 1.94. The van der Waals surface area contributed by atoms with Crippen molar-refractivity contribution in [3.63, 3.8) is 0 Å². The van der Waals surface area contributed by atoms with Crippen molar-refractivity contribution in [2.45, 2.75) is 0 Å². The van der Waals surface area contributed by atoms with Gasteiger partial charge >= 0.3 is 11.9 Å². The summed E-state index contributed by atoms with van der Waals surface area (Å²) in [7, 11) is 0. The van der Waals surface area contributed by atoms with Crippen LogP contribution in [0.3, 0.4) is 0 Å². The van der Waals surface area contributed by atoms with Crippen LogP contribution in [0.5, 0.6) is 0 Å². The Morgan fingerprint density at radius 2 is 2.36 bits per heavy atom. The van der Waals surface area contributed by atoms with Crippen molar-refractivity contribution >= 4 is 18.3 Å². The van der Waals surface area contributed by atoms with Gasteiger partial charge in [0.1, 0.15) is 6.34 Å². The fourth-order valence-corrected chi connectivity index (χ4v) is 0.578. The Bertz CT molecular complexity index is 213. The Labute approximate surface area is 62.0 Å². The van der Waals surface area contributed by atoms with E-state index in [1.54, 1.807) is 0 Å². The average molecular weight is 158 g/mol. The molecule has 1 aliphatic rings. The van der Waals surface area contributed by atoms with Crippen LogP contribution >= 0.6 is 0 Å². The molecule has 0 radical (unpaired) electrons. The van der Waals surface area contributed by atoms with Gasteiger partial charge in [0.05, 0.1) is 13.1 Å². The molecule has 1 N–H and O–H groups in total. The fourth-order valence-electron chi connectivity index (χ4n) is 0.578. The summed E-state index contributed by atoms with van der Waals surface area (Å²) >= 11 is 0. The van der Waals surface area contributed by atoms with Gasteiger partial charge < -0.3 is 9.94 Å². The number of hydrogen-bond acceptors (Lipinski definition) is 5. The van der Waals surface area contributed by atoms with Gasteiger partial charge in [-0.15, -0.1) is 0 Å². The fraction of sp³-hybridized carbons (Fsp3) is 0.400. The normalized spacial score (nSPS) is 15.1. The molecule has 0 aromatic rings. The van der Waals surface area contributed by atoms with Gasteiger partial charge in [-0.1, -0.05) is 0 Å². The second-order valence-corrected chi connectivity index (χ2v) is 1.85. The molecule has 60 valence electrons. The molecule has 0 atom stereocenters. The quantitative estimate of drug-likeness (QED) is 0.488. The lowest BCUT2D eigenvalue weighted by Gasteiger charge is -2.09. The summed E-state index contributed by atoms with van der Waals surface area (Å²) in [6.07, 6.45) is 1.28. The number of rotatable bonds is 1. The summed E-state index contributed by atoms with van der Waals surface area (Å²) < 4.78 is 0. The van der Waals surface area contributed by atoms with Gasteiger partial charge in [-0.3, -0.25) is 4.99 Å². The molecule has 6 nitrogen and oxygen atoms in total. The van der Waals surface area contributed by atoms with Gasteiger partial charge in [-0.25, -0.2) is 9.59 Å². The molecule has 0 aliphatic carbocycles. The molecule has 11 heavy (non-hydrogen) atoms. The molecule has 1 rings (SSSR count). The summed E-state index contributed by atoms with van der Waals surface area (Å²) in [6.45, 7) is 0.936. The van der Waals surface area contributed by atoms with Crippen LogP contribution in [0, 0.1) is 0 Å². The van der Waals surface area contributed by atoms with Crippen molar-refractivity contribution in [3.8, 4) is 0 Å². The lowest BCUT2D eigenvalue weighted by atomic mass is 10.7. The van der Waals surface area contributed by atoms with E-state index >= 15 is 0 Å². The molecule has 6 heteroatoms. The minimum absolute atomic E-state index is 0.416. The standard InChI is InChI=1S/C5H6N2O4/c8-4(9)5(10)11-7-2-1-6-3-7/h3H,1-2H2,(H,8,9). The number of carbonyl (C=O) groups excluding carboxylic acids is 1. The summed E-state index contributed by atoms with van der Waals surface area (Å²) in [5.74, 6) is -2.90. The maximum atomic E-state index is 10.4. The zero-order valence-corrected chi connectivity index (χ0v) is 5.56. The summed E-state index contributed by atoms with van der Waals surface area (Å²) in [4.78, 5) is 28.3. The number of hydrogen-bond donors (Lipinski definition) is 1. The van der Waals surface area contributed by atoms with Crippen LogP contribution < -0.4 is 0 Å². The number of carbonyl (C=O) groups is 2. The summed E-state index contributed by atoms with van der Waals surface area (Å²) in [6, 6.07) is 0. The maximum Gasteiger partial charge on any atom is 0.441 e. The van der Waals surface area contributed by atoms with E-state index in [1.165, 1.54) is 6.34 Å². The third-order valence-corrected chi connectivity index (χ3v) is 1.03. The topological polar surface area (TPSA) is 79.2 Å². The minimum Gasteiger partial charge on any atom is -0.473 e. The Morgan fingerprint density at radius 3 is 2.82 bits per heavy atom. The zero-order chi connectivity index (χ0) is 8.27. The number of carboxylic acids is 1. The third-order valence-electron chi connectivity index (χ3n) is 1.03. The highest BCUT2D eigenvalue weighted by molar-refractivity contribution is 6.28. The van der Waals surface area contributed by atoms with Crippen LogP contribution in [0.1, 0.15) is 0 Å². The lowest BCUT2D eigenvalue weighted by molar-refractivity contribution is -0.182. The van der Waals surface area contributed by atoms with Crippen LogP contribution in [0.15, 0.2) is 4.99 Å². The van der Waals surface area contributed by atoms with E-state index in [0.29, 0.717) is 13.1 Å². The van der Waals surface area contributed by atoms with Crippen LogP contribution in [-0.4, -0.2) is 41.5 Å². The van der Waals surface area contributed by atoms with Crippen LogP contribution in [0.2, 0.25) is 0 Å². The summed E-state index contributed by atoms with van der Waals surface area (Å²) in [5.41, 5.74) is 0. The number of aliphatic imine (C=N–C) groups is 1. The second kappa shape index (κ2) is 3.00. The first-order chi connectivity index (χ1) is 5.20. The van der Waals surface area contributed by atoms with E-state index in [-0.39, 0.29) is 0 Å². The van der Waals surface area contributed by atoms with Crippen molar-refractivity contribution in [3.05, 3.63) is 0 Å². The van der Waals surface area contributed by atoms with Crippen molar-refractivity contribution < 1.29 is 19.5 Å². The Balaban J connectivity index is 2.36. The first-order valence-electron chi connectivity index (χ1n) is 2.92. The molecule has 0 saturated heterocycles. The molecule has 0 aromatic heterocycles. The number of aliphatic carboxylic acids is 1. The first-order valence-corrected chi connectivity index (χ1v) is 2.92. The Morgan fingerprint density at radius 1 is 1.64 bits per heavy atom. The predicted octanol–water partition coefficient (Wildman–Crippen LogP) is -1.13. The lowest BCUT2D eigenvalue weighted by Crippen LogP contribution is -2.28. The molecular weight excluding hydrogens is 152 g/mol. The van der Waals surface area contributed by atoms with Gasteiger partial charge in [-0.05, 0) is 0 Å². The zero-order valence-electron chi connectivity index (χ0n) is 5.56. The highest BCUT2D eigenvalue weighted by Gasteiger charge is 2.18. The van der Waals surface area contributed by atoms with Gasteiger partial charge in [0.2, 0.25) is 0 Å². The van der Waals surface area contributed by atoms with Crippen molar-refractivity contribution in [1.29, 1.82) is 0 Å². The maximum absolute atomic E-state index is 10.4. The van der Waals surface area contributed by atoms with Gasteiger partial charge in [-0.2, -0.15) is 5.06 Å². The van der Waals surface area contributed by atoms with Crippen LogP contribution in [-0.2, 0) is 14.4 Å². The molecule has 0 fully saturated rings. The minimum atomic E-state index is -1.61. The molecule has 0 aromatic carbocycles. The monoisotopic (exact) mass is 158 g/mol. The van der Waals surface area contributed by atoms with Gasteiger partial charge in [0.15, 0.2) is 0 Å². The average Bonchev–Trinajstić information content (AvgIpc) is 2.39. The number of nitrogens with zero attached hydrogens (tertiary/aromatic N) is 2. The number of hydroxylamine groups is 2. The van der Waals surface area contributed by atoms with Crippen LogP contribution in [0.25, 0.3) is 0 Å². The predicted molar refractivity (Wildman–Crippen MR) is 33.8 cm³/mol. The first kappa shape index (κ1) is 7.52. The SMILES string of the molecule is O=C(O)C(=O)ON1C=NCC1. The van der Waals surface area contributed by atoms with Gasteiger partial charge in [0.25, 0.3) is 0 Å². The molecule has 0 unspecified atom stereocenters. The molecule has 0 amide bonds. The summed E-state index contributed by atoms with van der Waals surface area (Å²) in [5, 5.41) is 9.18. The Kier molecular flexibility index (Phi) is 2.05. The van der Waals surface area contributed by atoms with Gasteiger partial charge in [0, 0.05) is 0 Å². The van der Waals surface area contributed by atoms with E-state index in [9.17, 15) is 9.59 Å². The van der Waals surface area contributed by atoms with E-state index < -0.39 is 11.9 Å².